The number of aliphatic hydroxyl groups is 1. The minimum Gasteiger partial charge on any atom is -0.350 e. The fraction of sp³-hybridized carbons (Fsp3) is 0.333. The number of rotatable bonds is 1. The molecule has 1 aromatic heterocycles. The van der Waals surface area contributed by atoms with Crippen molar-refractivity contribution in [3.8, 4) is 0 Å². The van der Waals surface area contributed by atoms with Crippen LogP contribution in [0, 0.1) is 0 Å². The lowest BCUT2D eigenvalue weighted by Crippen LogP contribution is -2.45. The third-order valence-electron chi connectivity index (χ3n) is 2.18. The molecule has 0 fully saturated rings. The van der Waals surface area contributed by atoms with E-state index in [9.17, 15) is 18.3 Å². The molecule has 8 heteroatoms. The number of pyridine rings is 1. The van der Waals surface area contributed by atoms with E-state index in [1.165, 1.54) is 12.3 Å². The molecule has 0 saturated heterocycles. The van der Waals surface area contributed by atoms with Crippen molar-refractivity contribution in [2.75, 3.05) is 0 Å². The molecule has 0 aliphatic carbocycles. The van der Waals surface area contributed by atoms with Gasteiger partial charge >= 0.3 is 12.0 Å². The normalized spacial score (nSPS) is 24.4. The number of oxime groups is 1. The van der Waals surface area contributed by atoms with Gasteiger partial charge < -0.3 is 9.94 Å². The van der Waals surface area contributed by atoms with Gasteiger partial charge in [0.05, 0.1) is 12.1 Å². The molecule has 2 rings (SSSR count). The van der Waals surface area contributed by atoms with E-state index in [2.05, 4.69) is 30.9 Å². The number of hydrogen-bond donors (Lipinski definition) is 1. The van der Waals surface area contributed by atoms with Crippen LogP contribution in [0.4, 0.5) is 13.2 Å². The maximum absolute atomic E-state index is 12.4. The van der Waals surface area contributed by atoms with Gasteiger partial charge in [0.25, 0.3) is 0 Å². The Kier molecular flexibility index (Phi) is 2.86. The largest absolute Gasteiger partial charge is 0.458 e. The first-order valence-corrected chi connectivity index (χ1v) is 5.27. The Hall–Kier alpha value is -1.15. The quantitative estimate of drug-likeness (QED) is 0.865. The lowest BCUT2D eigenvalue weighted by molar-refractivity contribution is -0.355. The number of alkyl halides is 3. The van der Waals surface area contributed by atoms with E-state index >= 15 is 0 Å². The van der Waals surface area contributed by atoms with Gasteiger partial charge in [-0.3, -0.25) is 4.98 Å². The Morgan fingerprint density at radius 1 is 1.41 bits per heavy atom. The number of halogens is 4. The van der Waals surface area contributed by atoms with Crippen LogP contribution in [0.1, 0.15) is 12.1 Å². The molecule has 17 heavy (non-hydrogen) atoms. The zero-order valence-electron chi connectivity index (χ0n) is 8.20. The van der Waals surface area contributed by atoms with Crippen LogP contribution in [0.25, 0.3) is 0 Å². The molecule has 1 aliphatic rings. The number of nitrogens with zero attached hydrogens (tertiary/aromatic N) is 2. The summed E-state index contributed by atoms with van der Waals surface area (Å²) >= 11 is 3.15. The summed E-state index contributed by atoms with van der Waals surface area (Å²) in [6.45, 7) is 0. The highest BCUT2D eigenvalue weighted by atomic mass is 79.9. The highest BCUT2D eigenvalue weighted by molar-refractivity contribution is 9.10. The van der Waals surface area contributed by atoms with Crippen LogP contribution in [0.5, 0.6) is 0 Å². The Balaban J connectivity index is 2.20. The maximum Gasteiger partial charge on any atom is 0.458 e. The zero-order chi connectivity index (χ0) is 12.7. The van der Waals surface area contributed by atoms with Crippen molar-refractivity contribution in [3.05, 3.63) is 28.5 Å². The van der Waals surface area contributed by atoms with Crippen LogP contribution in [0.15, 0.2) is 28.0 Å². The van der Waals surface area contributed by atoms with Crippen LogP contribution in [0.3, 0.4) is 0 Å². The molecule has 0 radical (unpaired) electrons. The second-order valence-corrected chi connectivity index (χ2v) is 4.37. The fourth-order valence-electron chi connectivity index (χ4n) is 1.26. The molecule has 1 unspecified atom stereocenters. The van der Waals surface area contributed by atoms with Gasteiger partial charge in [0.2, 0.25) is 0 Å². The van der Waals surface area contributed by atoms with Gasteiger partial charge in [0.1, 0.15) is 5.71 Å². The van der Waals surface area contributed by atoms with Crippen LogP contribution in [-0.2, 0) is 4.84 Å². The highest BCUT2D eigenvalue weighted by Gasteiger charge is 2.60. The average Bonchev–Trinajstić information content (AvgIpc) is 2.63. The Morgan fingerprint density at radius 2 is 2.12 bits per heavy atom. The van der Waals surface area contributed by atoms with Crippen molar-refractivity contribution in [3.63, 3.8) is 0 Å². The molecular weight excluding hydrogens is 305 g/mol. The summed E-state index contributed by atoms with van der Waals surface area (Å²) in [5, 5.41) is 12.4. The van der Waals surface area contributed by atoms with Crippen LogP contribution in [0.2, 0.25) is 0 Å². The molecule has 0 bridgehead atoms. The molecule has 2 heterocycles. The fourth-order valence-corrected chi connectivity index (χ4v) is 1.49. The van der Waals surface area contributed by atoms with E-state index in [1.54, 1.807) is 6.07 Å². The van der Waals surface area contributed by atoms with Crippen LogP contribution in [-0.4, -0.2) is 27.8 Å². The highest BCUT2D eigenvalue weighted by Crippen LogP contribution is 2.38. The molecule has 0 aromatic carbocycles. The van der Waals surface area contributed by atoms with E-state index in [4.69, 9.17) is 0 Å². The summed E-state index contributed by atoms with van der Waals surface area (Å²) in [6.07, 6.45) is -4.25. The minimum absolute atomic E-state index is 0.0441. The Bertz CT molecular complexity index is 460. The Morgan fingerprint density at radius 3 is 2.59 bits per heavy atom. The molecule has 1 aromatic rings. The molecule has 4 nitrogen and oxygen atoms in total. The van der Waals surface area contributed by atoms with Gasteiger partial charge in [0, 0.05) is 10.7 Å². The van der Waals surface area contributed by atoms with Gasteiger partial charge in [-0.1, -0.05) is 5.16 Å². The van der Waals surface area contributed by atoms with E-state index in [0.29, 0.717) is 4.47 Å². The second-order valence-electron chi connectivity index (χ2n) is 3.45. The lowest BCUT2D eigenvalue weighted by Gasteiger charge is -2.22. The van der Waals surface area contributed by atoms with E-state index in [1.807, 2.05) is 0 Å². The molecule has 1 aliphatic heterocycles. The summed E-state index contributed by atoms with van der Waals surface area (Å²) in [6, 6.07) is 3.09. The number of hydrogen-bond acceptors (Lipinski definition) is 4. The predicted octanol–water partition coefficient (Wildman–Crippen LogP) is 2.22. The smallest absolute Gasteiger partial charge is 0.350 e. The molecule has 0 amide bonds. The van der Waals surface area contributed by atoms with Crippen molar-refractivity contribution >= 4 is 21.6 Å². The van der Waals surface area contributed by atoms with Crippen molar-refractivity contribution in [1.29, 1.82) is 0 Å². The first-order chi connectivity index (χ1) is 7.82. The summed E-state index contributed by atoms with van der Waals surface area (Å²) in [5.74, 6) is -3.25. The molecule has 0 saturated carbocycles. The van der Waals surface area contributed by atoms with Crippen LogP contribution >= 0.6 is 15.9 Å². The summed E-state index contributed by atoms with van der Waals surface area (Å²) in [4.78, 5) is 7.94. The van der Waals surface area contributed by atoms with Gasteiger partial charge in [-0.2, -0.15) is 13.2 Å². The first-order valence-electron chi connectivity index (χ1n) is 4.48. The second kappa shape index (κ2) is 3.95. The van der Waals surface area contributed by atoms with Gasteiger partial charge in [-0.05, 0) is 28.1 Å². The monoisotopic (exact) mass is 310 g/mol. The molecule has 1 N–H and O–H groups in total. The van der Waals surface area contributed by atoms with Gasteiger partial charge in [-0.25, -0.2) is 0 Å². The molecular formula is C9H6BrF3N2O2. The third-order valence-corrected chi connectivity index (χ3v) is 2.65. The SMILES string of the molecule is OC1(C(F)(F)F)CC(c2ccc(Br)cn2)=NO1. The average molecular weight is 311 g/mol. The van der Waals surface area contributed by atoms with Crippen molar-refractivity contribution in [1.82, 2.24) is 4.98 Å². The predicted molar refractivity (Wildman–Crippen MR) is 55.2 cm³/mol. The summed E-state index contributed by atoms with van der Waals surface area (Å²) in [7, 11) is 0. The first kappa shape index (κ1) is 12.3. The van der Waals surface area contributed by atoms with Crippen LogP contribution < -0.4 is 0 Å². The maximum atomic E-state index is 12.4. The lowest BCUT2D eigenvalue weighted by atomic mass is 10.1. The van der Waals surface area contributed by atoms with Gasteiger partial charge in [0.15, 0.2) is 0 Å². The molecule has 92 valence electrons. The van der Waals surface area contributed by atoms with E-state index in [-0.39, 0.29) is 11.4 Å². The van der Waals surface area contributed by atoms with Crippen molar-refractivity contribution in [2.45, 2.75) is 18.4 Å². The van der Waals surface area contributed by atoms with Crippen molar-refractivity contribution in [2.24, 2.45) is 5.16 Å². The molecule has 1 atom stereocenters. The standard InChI is InChI=1S/C9H6BrF3N2O2/c10-5-1-2-6(14-4-5)7-3-8(16,17-15-7)9(11,12)13/h1-2,4,16H,3H2. The summed E-state index contributed by atoms with van der Waals surface area (Å²) in [5.41, 5.74) is 0.186. The molecule has 0 spiro atoms. The number of aromatic nitrogens is 1. The van der Waals surface area contributed by atoms with E-state index < -0.39 is 18.4 Å². The zero-order valence-corrected chi connectivity index (χ0v) is 9.79. The summed E-state index contributed by atoms with van der Waals surface area (Å²) < 4.78 is 38.0. The minimum atomic E-state index is -4.90. The topological polar surface area (TPSA) is 54.7 Å². The third kappa shape index (κ3) is 2.27. The van der Waals surface area contributed by atoms with Crippen molar-refractivity contribution < 1.29 is 23.1 Å². The Labute approximate surface area is 102 Å². The van der Waals surface area contributed by atoms with E-state index in [0.717, 1.165) is 0 Å². The van der Waals surface area contributed by atoms with Gasteiger partial charge in [-0.15, -0.1) is 0 Å².